The van der Waals surface area contributed by atoms with E-state index in [2.05, 4.69) is 12.1 Å². The highest BCUT2D eigenvalue weighted by Gasteiger charge is 2.31. The average molecular weight is 394 g/mol. The molecule has 1 atom stereocenters. The van der Waals surface area contributed by atoms with Crippen LogP contribution in [0.5, 0.6) is 0 Å². The van der Waals surface area contributed by atoms with E-state index >= 15 is 0 Å². The smallest absolute Gasteiger partial charge is 0.376 e. The molecule has 4 nitrogen and oxygen atoms in total. The van der Waals surface area contributed by atoms with E-state index in [0.29, 0.717) is 12.0 Å². The average Bonchev–Trinajstić information content (AvgIpc) is 2.70. The van der Waals surface area contributed by atoms with E-state index in [1.54, 1.807) is 0 Å². The van der Waals surface area contributed by atoms with Crippen molar-refractivity contribution in [2.45, 2.75) is 49.9 Å². The topological polar surface area (TPSA) is 57.2 Å². The Morgan fingerprint density at radius 2 is 1.79 bits per heavy atom. The Labute approximate surface area is 162 Å². The molecule has 0 saturated heterocycles. The largest absolute Gasteiger partial charge is 0.416 e. The van der Waals surface area contributed by atoms with E-state index in [-0.39, 0.29) is 19.3 Å². The molecule has 0 aliphatic heterocycles. The van der Waals surface area contributed by atoms with Crippen LogP contribution < -0.4 is 11.3 Å². The minimum absolute atomic E-state index is 0.0826. The van der Waals surface area contributed by atoms with Crippen molar-refractivity contribution in [3.8, 4) is 0 Å². The number of pyridine rings is 1. The third-order valence-electron chi connectivity index (χ3n) is 5.41. The molecule has 0 radical (unpaired) electrons. The maximum atomic E-state index is 12.7. The lowest BCUT2D eigenvalue weighted by Gasteiger charge is -2.30. The number of nitrogens with zero attached hydrogens (tertiary/aromatic N) is 1. The third kappa shape index (κ3) is 5.02. The van der Waals surface area contributed by atoms with Gasteiger partial charge in [-0.05, 0) is 43.2 Å². The van der Waals surface area contributed by atoms with Gasteiger partial charge in [-0.25, -0.2) is 0 Å². The summed E-state index contributed by atoms with van der Waals surface area (Å²) in [5.74, 6) is 0.531. The van der Waals surface area contributed by atoms with E-state index < -0.39 is 23.3 Å². The van der Waals surface area contributed by atoms with E-state index in [0.717, 1.165) is 37.9 Å². The third-order valence-corrected chi connectivity index (χ3v) is 5.41. The van der Waals surface area contributed by atoms with Gasteiger partial charge in [0.25, 0.3) is 5.56 Å². The summed E-state index contributed by atoms with van der Waals surface area (Å²) in [5, 5.41) is 0. The summed E-state index contributed by atoms with van der Waals surface area (Å²) < 4.78 is 45.4. The molecule has 1 unspecified atom stereocenters. The zero-order chi connectivity index (χ0) is 20.1. The fraction of sp³-hybridized carbons (Fsp3) is 0.476. The SMILES string of the molecule is NCC(COC1CCC(c2ccccc2)CC1)n1ccc(C(F)(F)F)cc1=O. The molecule has 1 aromatic heterocycles. The van der Waals surface area contributed by atoms with Crippen LogP contribution in [0.25, 0.3) is 0 Å². The summed E-state index contributed by atoms with van der Waals surface area (Å²) in [6, 6.07) is 11.4. The first-order chi connectivity index (χ1) is 13.4. The standard InChI is InChI=1S/C21H25F3N2O2/c22-21(23,24)17-10-11-26(20(27)12-17)18(13-25)14-28-19-8-6-16(7-9-19)15-4-2-1-3-5-15/h1-5,10-12,16,18-19H,6-9,13-14,25H2. The van der Waals surface area contributed by atoms with Crippen molar-refractivity contribution in [2.24, 2.45) is 5.73 Å². The Morgan fingerprint density at radius 3 is 2.36 bits per heavy atom. The van der Waals surface area contributed by atoms with Crippen LogP contribution in [0.15, 0.2) is 53.5 Å². The van der Waals surface area contributed by atoms with E-state index in [1.807, 2.05) is 18.2 Å². The summed E-state index contributed by atoms with van der Waals surface area (Å²) in [7, 11) is 0. The lowest BCUT2D eigenvalue weighted by Crippen LogP contribution is -2.34. The molecule has 2 N–H and O–H groups in total. The van der Waals surface area contributed by atoms with Crippen molar-refractivity contribution in [2.75, 3.05) is 13.2 Å². The van der Waals surface area contributed by atoms with Gasteiger partial charge in [-0.3, -0.25) is 4.79 Å². The molecule has 7 heteroatoms. The maximum Gasteiger partial charge on any atom is 0.416 e. The number of aromatic nitrogens is 1. The van der Waals surface area contributed by atoms with Gasteiger partial charge in [0.2, 0.25) is 0 Å². The minimum Gasteiger partial charge on any atom is -0.376 e. The molecule has 0 spiro atoms. The molecule has 28 heavy (non-hydrogen) atoms. The van der Waals surface area contributed by atoms with Gasteiger partial charge in [0.15, 0.2) is 0 Å². The van der Waals surface area contributed by atoms with Crippen LogP contribution in [0, 0.1) is 0 Å². The Morgan fingerprint density at radius 1 is 1.11 bits per heavy atom. The number of halogens is 3. The van der Waals surface area contributed by atoms with Gasteiger partial charge < -0.3 is 15.0 Å². The number of hydrogen-bond acceptors (Lipinski definition) is 3. The first-order valence-electron chi connectivity index (χ1n) is 9.54. The molecule has 0 bridgehead atoms. The van der Waals surface area contributed by atoms with Crippen molar-refractivity contribution in [3.05, 3.63) is 70.1 Å². The van der Waals surface area contributed by atoms with Crippen LogP contribution in [0.4, 0.5) is 13.2 Å². The zero-order valence-electron chi connectivity index (χ0n) is 15.6. The number of nitrogens with two attached hydrogens (primary N) is 1. The van der Waals surface area contributed by atoms with Gasteiger partial charge in [-0.1, -0.05) is 30.3 Å². The number of rotatable bonds is 6. The first-order valence-corrected chi connectivity index (χ1v) is 9.54. The quantitative estimate of drug-likeness (QED) is 0.802. The Bertz CT molecular complexity index is 812. The molecule has 1 aromatic carbocycles. The van der Waals surface area contributed by atoms with Crippen LogP contribution in [0.3, 0.4) is 0 Å². The molecule has 1 aliphatic rings. The van der Waals surface area contributed by atoms with Gasteiger partial charge >= 0.3 is 6.18 Å². The summed E-state index contributed by atoms with van der Waals surface area (Å²) in [5.41, 5.74) is 5.42. The molecule has 152 valence electrons. The highest BCUT2D eigenvalue weighted by molar-refractivity contribution is 5.20. The van der Waals surface area contributed by atoms with Crippen molar-refractivity contribution < 1.29 is 17.9 Å². The molecule has 1 fully saturated rings. The van der Waals surface area contributed by atoms with Crippen molar-refractivity contribution in [3.63, 3.8) is 0 Å². The van der Waals surface area contributed by atoms with Gasteiger partial charge in [-0.15, -0.1) is 0 Å². The maximum absolute atomic E-state index is 12.7. The van der Waals surface area contributed by atoms with Crippen LogP contribution in [0.1, 0.15) is 48.8 Å². The predicted octanol–water partition coefficient (Wildman–Crippen LogP) is 4.11. The molecular formula is C21H25F3N2O2. The first kappa shape index (κ1) is 20.6. The second-order valence-electron chi connectivity index (χ2n) is 7.27. The van der Waals surface area contributed by atoms with E-state index in [1.165, 1.54) is 10.1 Å². The summed E-state index contributed by atoms with van der Waals surface area (Å²) in [6.45, 7) is 0.326. The molecular weight excluding hydrogens is 369 g/mol. The molecule has 1 saturated carbocycles. The summed E-state index contributed by atoms with van der Waals surface area (Å²) >= 11 is 0. The van der Waals surface area contributed by atoms with Crippen LogP contribution in [-0.2, 0) is 10.9 Å². The van der Waals surface area contributed by atoms with Crippen molar-refractivity contribution in [1.29, 1.82) is 0 Å². The zero-order valence-corrected chi connectivity index (χ0v) is 15.6. The monoisotopic (exact) mass is 394 g/mol. The number of ether oxygens (including phenoxy) is 1. The van der Waals surface area contributed by atoms with Gasteiger partial charge in [0.05, 0.1) is 24.3 Å². The molecule has 1 heterocycles. The Balaban J connectivity index is 1.56. The summed E-state index contributed by atoms with van der Waals surface area (Å²) in [6.07, 6.45) is 0.587. The summed E-state index contributed by atoms with van der Waals surface area (Å²) in [4.78, 5) is 12.1. The van der Waals surface area contributed by atoms with Crippen LogP contribution in [-0.4, -0.2) is 23.8 Å². The number of benzene rings is 1. The van der Waals surface area contributed by atoms with Crippen molar-refractivity contribution in [1.82, 2.24) is 4.57 Å². The highest BCUT2D eigenvalue weighted by Crippen LogP contribution is 2.34. The second kappa shape index (κ2) is 8.92. The molecule has 0 amide bonds. The van der Waals surface area contributed by atoms with Crippen LogP contribution >= 0.6 is 0 Å². The second-order valence-corrected chi connectivity index (χ2v) is 7.27. The highest BCUT2D eigenvalue weighted by atomic mass is 19.4. The Kier molecular flexibility index (Phi) is 6.57. The fourth-order valence-electron chi connectivity index (χ4n) is 3.76. The lowest BCUT2D eigenvalue weighted by atomic mass is 9.83. The number of alkyl halides is 3. The van der Waals surface area contributed by atoms with Crippen LogP contribution in [0.2, 0.25) is 0 Å². The predicted molar refractivity (Wildman–Crippen MR) is 101 cm³/mol. The molecule has 1 aliphatic carbocycles. The Hall–Kier alpha value is -2.12. The van der Waals surface area contributed by atoms with Crippen molar-refractivity contribution >= 4 is 0 Å². The number of hydrogen-bond donors (Lipinski definition) is 1. The molecule has 3 rings (SSSR count). The molecule has 2 aromatic rings. The fourth-order valence-corrected chi connectivity index (χ4v) is 3.76. The van der Waals surface area contributed by atoms with Gasteiger partial charge in [-0.2, -0.15) is 13.2 Å². The van der Waals surface area contributed by atoms with Gasteiger partial charge in [0.1, 0.15) is 0 Å². The minimum atomic E-state index is -4.54. The lowest BCUT2D eigenvalue weighted by molar-refractivity contribution is -0.137. The normalized spacial score (nSPS) is 21.4. The van der Waals surface area contributed by atoms with E-state index in [9.17, 15) is 18.0 Å². The van der Waals surface area contributed by atoms with E-state index in [4.69, 9.17) is 10.5 Å². The van der Waals surface area contributed by atoms with Gasteiger partial charge in [0, 0.05) is 18.8 Å².